The Balaban J connectivity index is 1.88. The Labute approximate surface area is 192 Å². The van der Waals surface area contributed by atoms with Gasteiger partial charge in [-0.15, -0.1) is 0 Å². The van der Waals surface area contributed by atoms with E-state index in [9.17, 15) is 17.6 Å². The zero-order valence-corrected chi connectivity index (χ0v) is 19.8. The maximum Gasteiger partial charge on any atom is 0.375 e. The van der Waals surface area contributed by atoms with Crippen LogP contribution in [-0.2, 0) is 21.5 Å². The Hall–Kier alpha value is -2.11. The van der Waals surface area contributed by atoms with E-state index in [0.29, 0.717) is 24.5 Å². The normalized spacial score (nSPS) is 16.8. The first-order chi connectivity index (χ1) is 15.1. The average molecular weight is 486 g/mol. The molecule has 1 saturated heterocycles. The zero-order chi connectivity index (χ0) is 23.5. The lowest BCUT2D eigenvalue weighted by Crippen LogP contribution is -2.67. The van der Waals surface area contributed by atoms with Crippen LogP contribution in [0.25, 0.3) is 0 Å². The molecule has 1 aromatic heterocycles. The first kappa shape index (κ1) is 24.5. The van der Waals surface area contributed by atoms with Crippen molar-refractivity contribution in [2.24, 2.45) is 0 Å². The van der Waals surface area contributed by atoms with Crippen LogP contribution in [-0.4, -0.2) is 63.6 Å². The van der Waals surface area contributed by atoms with Gasteiger partial charge in [0.2, 0.25) is 0 Å². The second-order valence-corrected chi connectivity index (χ2v) is 10.2. The highest BCUT2D eigenvalue weighted by atomic mass is 35.5. The minimum atomic E-state index is -3.96. The van der Waals surface area contributed by atoms with Crippen LogP contribution in [0.3, 0.4) is 0 Å². The maximum absolute atomic E-state index is 13.8. The third-order valence-corrected chi connectivity index (χ3v) is 8.04. The van der Waals surface area contributed by atoms with Crippen molar-refractivity contribution in [1.29, 1.82) is 0 Å². The summed E-state index contributed by atoms with van der Waals surface area (Å²) < 4.78 is 47.8. The molecule has 2 aromatic rings. The summed E-state index contributed by atoms with van der Waals surface area (Å²) in [4.78, 5) is 17.9. The number of ether oxygens (including phenoxy) is 1. The van der Waals surface area contributed by atoms with Crippen molar-refractivity contribution < 1.29 is 22.3 Å². The van der Waals surface area contributed by atoms with Gasteiger partial charge in [0.15, 0.2) is 5.69 Å². The smallest absolute Gasteiger partial charge is 0.375 e. The van der Waals surface area contributed by atoms with E-state index >= 15 is 0 Å². The molecular weight excluding hydrogens is 459 g/mol. The second kappa shape index (κ2) is 9.80. The fourth-order valence-corrected chi connectivity index (χ4v) is 5.54. The third-order valence-electron chi connectivity index (χ3n) is 5.74. The van der Waals surface area contributed by atoms with E-state index in [1.807, 2.05) is 0 Å². The Kier molecular flexibility index (Phi) is 7.51. The van der Waals surface area contributed by atoms with Crippen LogP contribution in [0.2, 0.25) is 5.02 Å². The van der Waals surface area contributed by atoms with Crippen LogP contribution < -0.4 is 8.61 Å². The minimum absolute atomic E-state index is 0.0629. The van der Waals surface area contributed by atoms with Crippen molar-refractivity contribution in [2.75, 3.05) is 33.3 Å². The van der Waals surface area contributed by atoms with E-state index in [1.165, 1.54) is 37.6 Å². The number of methoxy groups -OCH3 is 1. The van der Waals surface area contributed by atoms with Crippen molar-refractivity contribution in [3.05, 3.63) is 58.6 Å². The molecule has 3 rings (SSSR count). The zero-order valence-electron chi connectivity index (χ0n) is 18.2. The van der Waals surface area contributed by atoms with Gasteiger partial charge in [0.1, 0.15) is 18.9 Å². The van der Waals surface area contributed by atoms with E-state index in [2.05, 4.69) is 33.2 Å². The van der Waals surface area contributed by atoms with Gasteiger partial charge in [-0.05, 0) is 32.0 Å². The molecule has 0 aliphatic carbocycles. The van der Waals surface area contributed by atoms with Crippen LogP contribution in [0.1, 0.15) is 29.9 Å². The molecule has 1 aromatic carbocycles. The summed E-state index contributed by atoms with van der Waals surface area (Å²) in [5, 5.41) is -0.124. The number of piperazine rings is 1. The number of hydrogen-bond donors (Lipinski definition) is 1. The van der Waals surface area contributed by atoms with E-state index in [1.54, 1.807) is 6.07 Å². The number of carbonyl (C=O) groups excluding carboxylic acids is 1. The molecule has 0 unspecified atom stereocenters. The molecule has 0 radical (unpaired) electrons. The molecule has 8 nitrogen and oxygen atoms in total. The predicted molar refractivity (Wildman–Crippen MR) is 121 cm³/mol. The van der Waals surface area contributed by atoms with Crippen molar-refractivity contribution in [1.82, 2.24) is 18.5 Å². The molecule has 0 atom stereocenters. The predicted octanol–water partition coefficient (Wildman–Crippen LogP) is 2.73. The molecule has 11 heteroatoms. The number of quaternary nitrogens is 1. The summed E-state index contributed by atoms with van der Waals surface area (Å²) in [7, 11) is -2.69. The van der Waals surface area contributed by atoms with Crippen LogP contribution in [0.5, 0.6) is 0 Å². The summed E-state index contributed by atoms with van der Waals surface area (Å²) in [6.45, 7) is 5.73. The highest BCUT2D eigenvalue weighted by Crippen LogP contribution is 2.33. The third kappa shape index (κ3) is 4.94. The number of esters is 1. The van der Waals surface area contributed by atoms with Crippen molar-refractivity contribution in [3.8, 4) is 0 Å². The summed E-state index contributed by atoms with van der Waals surface area (Å²) in [6, 6.07) is 7.40. The number of pyridine rings is 1. The van der Waals surface area contributed by atoms with E-state index in [0.717, 1.165) is 0 Å². The monoisotopic (exact) mass is 485 g/mol. The SMILES string of the molecule is COC(=O)c1ccc(CNS(=O)(=O)[N+]2(c3ccc(F)c(Cl)c3)CCN(C(C)C)CC2)nc1. The molecule has 1 aliphatic rings. The summed E-state index contributed by atoms with van der Waals surface area (Å²) >= 11 is 5.99. The van der Waals surface area contributed by atoms with Crippen LogP contribution in [0.4, 0.5) is 10.1 Å². The molecule has 0 saturated carbocycles. The molecule has 1 aliphatic heterocycles. The van der Waals surface area contributed by atoms with E-state index < -0.39 is 25.9 Å². The molecule has 0 spiro atoms. The van der Waals surface area contributed by atoms with Gasteiger partial charge < -0.3 is 4.74 Å². The van der Waals surface area contributed by atoms with Crippen LogP contribution in [0, 0.1) is 5.82 Å². The fourth-order valence-electron chi connectivity index (χ4n) is 3.75. The van der Waals surface area contributed by atoms with Crippen molar-refractivity contribution in [3.63, 3.8) is 0 Å². The lowest BCUT2D eigenvalue weighted by molar-refractivity contribution is 0.0600. The lowest BCUT2D eigenvalue weighted by atomic mass is 10.2. The Morgan fingerprint density at radius 3 is 2.50 bits per heavy atom. The maximum atomic E-state index is 13.8. The average Bonchev–Trinajstić information content (AvgIpc) is 2.79. The molecular formula is C21H27ClFN4O4S+. The van der Waals surface area contributed by atoms with Gasteiger partial charge in [0.05, 0.1) is 29.9 Å². The quantitative estimate of drug-likeness (QED) is 0.479. The van der Waals surface area contributed by atoms with Gasteiger partial charge in [0.25, 0.3) is 0 Å². The second-order valence-electron chi connectivity index (χ2n) is 7.89. The van der Waals surface area contributed by atoms with E-state index in [-0.39, 0.29) is 36.3 Å². The summed E-state index contributed by atoms with van der Waals surface area (Å²) in [5.41, 5.74) is 1.12. The first-order valence-corrected chi connectivity index (χ1v) is 12.0. The standard InChI is InChI=1S/C21H27ClFN4O4S/c1-15(2)26-8-10-27(11-9-26,18-6-7-20(23)19(22)12-18)32(29,30)25-14-17-5-4-16(13-24-17)21(28)31-3/h4-7,12-13,15,25H,8-11,14H2,1-3H3/q+1. The van der Waals surface area contributed by atoms with Gasteiger partial charge in [-0.2, -0.15) is 17.0 Å². The highest BCUT2D eigenvalue weighted by Gasteiger charge is 2.47. The van der Waals surface area contributed by atoms with Crippen LogP contribution >= 0.6 is 11.6 Å². The van der Waals surface area contributed by atoms with Crippen molar-refractivity contribution in [2.45, 2.75) is 26.4 Å². The number of hydrogen-bond acceptors (Lipinski definition) is 6. The molecule has 174 valence electrons. The Morgan fingerprint density at radius 1 is 1.28 bits per heavy atom. The summed E-state index contributed by atoms with van der Waals surface area (Å²) in [6.07, 6.45) is 1.33. The number of nitrogens with zero attached hydrogens (tertiary/aromatic N) is 3. The molecule has 1 fully saturated rings. The molecule has 0 bridgehead atoms. The van der Waals surface area contributed by atoms with Gasteiger partial charge >= 0.3 is 16.2 Å². The largest absolute Gasteiger partial charge is 0.465 e. The number of aromatic nitrogens is 1. The summed E-state index contributed by atoms with van der Waals surface area (Å²) in [5.74, 6) is -1.13. The number of rotatable bonds is 7. The van der Waals surface area contributed by atoms with E-state index in [4.69, 9.17) is 11.6 Å². The molecule has 2 heterocycles. The van der Waals surface area contributed by atoms with Crippen molar-refractivity contribution >= 4 is 33.5 Å². The van der Waals surface area contributed by atoms with Crippen LogP contribution in [0.15, 0.2) is 36.5 Å². The van der Waals surface area contributed by atoms with Gasteiger partial charge in [0, 0.05) is 37.5 Å². The Bertz CT molecular complexity index is 1070. The molecule has 32 heavy (non-hydrogen) atoms. The highest BCUT2D eigenvalue weighted by molar-refractivity contribution is 7.89. The number of halogens is 2. The van der Waals surface area contributed by atoms with Gasteiger partial charge in [-0.3, -0.25) is 9.88 Å². The number of carbonyl (C=O) groups is 1. The lowest BCUT2D eigenvalue weighted by Gasteiger charge is -2.43. The minimum Gasteiger partial charge on any atom is -0.465 e. The number of benzene rings is 1. The fraction of sp³-hybridized carbons (Fsp3) is 0.429. The molecule has 1 N–H and O–H groups in total. The van der Waals surface area contributed by atoms with Gasteiger partial charge in [-0.25, -0.2) is 9.18 Å². The van der Waals surface area contributed by atoms with Gasteiger partial charge in [-0.1, -0.05) is 11.6 Å². The Morgan fingerprint density at radius 2 is 1.97 bits per heavy atom. The first-order valence-electron chi connectivity index (χ1n) is 10.2. The number of nitrogens with one attached hydrogen (secondary N) is 1. The molecule has 0 amide bonds. The topological polar surface area (TPSA) is 88.6 Å².